The predicted octanol–water partition coefficient (Wildman–Crippen LogP) is 3.29. The van der Waals surface area contributed by atoms with Crippen LogP contribution in [-0.2, 0) is 0 Å². The lowest BCUT2D eigenvalue weighted by Crippen LogP contribution is -2.18. The van der Waals surface area contributed by atoms with E-state index >= 15 is 0 Å². The molecule has 122 valence electrons. The van der Waals surface area contributed by atoms with Gasteiger partial charge in [0.2, 0.25) is 0 Å². The van der Waals surface area contributed by atoms with Crippen LogP contribution >= 0.6 is 0 Å². The van der Waals surface area contributed by atoms with Crippen LogP contribution in [0.5, 0.6) is 0 Å². The summed E-state index contributed by atoms with van der Waals surface area (Å²) in [7, 11) is 0. The van der Waals surface area contributed by atoms with Crippen LogP contribution in [0.25, 0.3) is 5.69 Å². The summed E-state index contributed by atoms with van der Waals surface area (Å²) in [5.74, 6) is 1.22. The quantitative estimate of drug-likeness (QED) is 0.784. The molecule has 1 atom stereocenters. The summed E-state index contributed by atoms with van der Waals surface area (Å²) >= 11 is 0. The van der Waals surface area contributed by atoms with E-state index < -0.39 is 0 Å². The average Bonchev–Trinajstić information content (AvgIpc) is 3.16. The van der Waals surface area contributed by atoms with E-state index in [2.05, 4.69) is 22.4 Å². The van der Waals surface area contributed by atoms with Crippen LogP contribution in [0, 0.1) is 5.92 Å². The lowest BCUT2D eigenvalue weighted by atomic mass is 10.2. The highest BCUT2D eigenvalue weighted by molar-refractivity contribution is 6.03. The molecule has 1 aliphatic carbocycles. The zero-order valence-electron chi connectivity index (χ0n) is 13.5. The van der Waals surface area contributed by atoms with Gasteiger partial charge in [0.15, 0.2) is 0 Å². The van der Waals surface area contributed by atoms with E-state index in [1.54, 1.807) is 23.3 Å². The standard InChI is InChI=1S/C18H19N5O/c1-13(14-7-8-14)23-17(9-10-19-23)21-18(24)15-11-20-22(12-15)16-5-3-2-4-6-16/h2-6,9-14H,7-8H2,1H3,(H,21,24). The number of rotatable bonds is 5. The van der Waals surface area contributed by atoms with E-state index in [4.69, 9.17) is 0 Å². The van der Waals surface area contributed by atoms with Gasteiger partial charge in [-0.25, -0.2) is 9.36 Å². The summed E-state index contributed by atoms with van der Waals surface area (Å²) in [6.07, 6.45) is 7.50. The van der Waals surface area contributed by atoms with Crippen molar-refractivity contribution in [2.24, 2.45) is 5.92 Å². The first-order valence-electron chi connectivity index (χ1n) is 8.17. The van der Waals surface area contributed by atoms with Gasteiger partial charge in [-0.1, -0.05) is 18.2 Å². The molecule has 1 fully saturated rings. The molecule has 6 heteroatoms. The van der Waals surface area contributed by atoms with E-state index in [1.807, 2.05) is 41.1 Å². The molecule has 2 heterocycles. The molecule has 1 saturated carbocycles. The van der Waals surface area contributed by atoms with Crippen molar-refractivity contribution < 1.29 is 4.79 Å². The summed E-state index contributed by atoms with van der Waals surface area (Å²) in [5.41, 5.74) is 1.44. The van der Waals surface area contributed by atoms with E-state index in [1.165, 1.54) is 12.8 Å². The first kappa shape index (κ1) is 14.7. The van der Waals surface area contributed by atoms with Gasteiger partial charge >= 0.3 is 0 Å². The molecule has 2 aromatic heterocycles. The zero-order chi connectivity index (χ0) is 16.5. The number of aromatic nitrogens is 4. The minimum atomic E-state index is -0.179. The van der Waals surface area contributed by atoms with Crippen LogP contribution in [-0.4, -0.2) is 25.5 Å². The first-order valence-corrected chi connectivity index (χ1v) is 8.17. The van der Waals surface area contributed by atoms with Crippen molar-refractivity contribution in [3.8, 4) is 5.69 Å². The van der Waals surface area contributed by atoms with E-state index in [0.29, 0.717) is 17.5 Å². The fourth-order valence-electron chi connectivity index (χ4n) is 2.87. The largest absolute Gasteiger partial charge is 0.307 e. The van der Waals surface area contributed by atoms with Gasteiger partial charge in [-0.2, -0.15) is 10.2 Å². The molecule has 0 saturated heterocycles. The number of carbonyl (C=O) groups excluding carboxylic acids is 1. The highest BCUT2D eigenvalue weighted by Crippen LogP contribution is 2.40. The molecule has 3 aromatic rings. The Morgan fingerprint density at radius 1 is 1.21 bits per heavy atom. The second-order valence-corrected chi connectivity index (χ2v) is 6.20. The van der Waals surface area contributed by atoms with Crippen LogP contribution in [0.4, 0.5) is 5.82 Å². The topological polar surface area (TPSA) is 64.7 Å². The van der Waals surface area contributed by atoms with Crippen molar-refractivity contribution in [1.82, 2.24) is 19.6 Å². The van der Waals surface area contributed by atoms with Gasteiger partial charge in [0.05, 0.1) is 29.7 Å². The van der Waals surface area contributed by atoms with Crippen LogP contribution in [0.1, 0.15) is 36.2 Å². The number of benzene rings is 1. The Balaban J connectivity index is 1.51. The van der Waals surface area contributed by atoms with Crippen LogP contribution in [0.3, 0.4) is 0 Å². The maximum atomic E-state index is 12.5. The number of carbonyl (C=O) groups is 1. The summed E-state index contributed by atoms with van der Waals surface area (Å²) < 4.78 is 3.59. The molecule has 1 aromatic carbocycles. The number of nitrogens with zero attached hydrogens (tertiary/aromatic N) is 4. The molecular formula is C18H19N5O. The molecule has 4 rings (SSSR count). The van der Waals surface area contributed by atoms with Gasteiger partial charge in [-0.05, 0) is 37.8 Å². The number of amides is 1. The van der Waals surface area contributed by atoms with Crippen molar-refractivity contribution >= 4 is 11.7 Å². The third-order valence-corrected chi connectivity index (χ3v) is 4.47. The number of para-hydroxylation sites is 1. The molecule has 1 amide bonds. The van der Waals surface area contributed by atoms with Crippen molar-refractivity contribution in [3.63, 3.8) is 0 Å². The Hall–Kier alpha value is -2.89. The van der Waals surface area contributed by atoms with Gasteiger partial charge < -0.3 is 5.32 Å². The maximum absolute atomic E-state index is 12.5. The SMILES string of the molecule is CC(C1CC1)n1nccc1NC(=O)c1cnn(-c2ccccc2)c1. The molecule has 0 radical (unpaired) electrons. The fraction of sp³-hybridized carbons (Fsp3) is 0.278. The molecule has 0 bridgehead atoms. The molecule has 1 aliphatic rings. The molecule has 6 nitrogen and oxygen atoms in total. The third kappa shape index (κ3) is 2.82. The second-order valence-electron chi connectivity index (χ2n) is 6.20. The lowest BCUT2D eigenvalue weighted by Gasteiger charge is -2.15. The molecule has 24 heavy (non-hydrogen) atoms. The van der Waals surface area contributed by atoms with Crippen LogP contribution in [0.15, 0.2) is 55.0 Å². The number of anilines is 1. The second kappa shape index (κ2) is 5.96. The Kier molecular flexibility index (Phi) is 3.65. The first-order chi connectivity index (χ1) is 11.7. The Labute approximate surface area is 140 Å². The Morgan fingerprint density at radius 2 is 2.00 bits per heavy atom. The lowest BCUT2D eigenvalue weighted by molar-refractivity contribution is 0.102. The van der Waals surface area contributed by atoms with Gasteiger partial charge in [0.25, 0.3) is 5.91 Å². The number of hydrogen-bond acceptors (Lipinski definition) is 3. The van der Waals surface area contributed by atoms with E-state index in [0.717, 1.165) is 11.5 Å². The molecule has 0 aliphatic heterocycles. The highest BCUT2D eigenvalue weighted by atomic mass is 16.1. The summed E-state index contributed by atoms with van der Waals surface area (Å²) in [6.45, 7) is 2.15. The smallest absolute Gasteiger partial charge is 0.260 e. The minimum absolute atomic E-state index is 0.179. The number of hydrogen-bond donors (Lipinski definition) is 1. The number of nitrogens with one attached hydrogen (secondary N) is 1. The third-order valence-electron chi connectivity index (χ3n) is 4.47. The van der Waals surface area contributed by atoms with E-state index in [-0.39, 0.29) is 5.91 Å². The van der Waals surface area contributed by atoms with Crippen molar-refractivity contribution in [2.45, 2.75) is 25.8 Å². The minimum Gasteiger partial charge on any atom is -0.307 e. The van der Waals surface area contributed by atoms with Crippen molar-refractivity contribution in [2.75, 3.05) is 5.32 Å². The average molecular weight is 321 g/mol. The Morgan fingerprint density at radius 3 is 2.75 bits per heavy atom. The molecule has 1 N–H and O–H groups in total. The van der Waals surface area contributed by atoms with Gasteiger partial charge in [-0.15, -0.1) is 0 Å². The predicted molar refractivity (Wildman–Crippen MR) is 91.2 cm³/mol. The van der Waals surface area contributed by atoms with E-state index in [9.17, 15) is 4.79 Å². The normalized spacial score (nSPS) is 15.2. The van der Waals surface area contributed by atoms with Crippen LogP contribution in [0.2, 0.25) is 0 Å². The van der Waals surface area contributed by atoms with Crippen LogP contribution < -0.4 is 5.32 Å². The molecule has 1 unspecified atom stereocenters. The summed E-state index contributed by atoms with van der Waals surface area (Å²) in [4.78, 5) is 12.5. The molecule has 0 spiro atoms. The van der Waals surface area contributed by atoms with Gasteiger partial charge in [0.1, 0.15) is 5.82 Å². The fourth-order valence-corrected chi connectivity index (χ4v) is 2.87. The Bertz CT molecular complexity index is 847. The zero-order valence-corrected chi connectivity index (χ0v) is 13.5. The maximum Gasteiger partial charge on any atom is 0.260 e. The van der Waals surface area contributed by atoms with Crippen molar-refractivity contribution in [1.29, 1.82) is 0 Å². The molecular weight excluding hydrogens is 302 g/mol. The van der Waals surface area contributed by atoms with Crippen molar-refractivity contribution in [3.05, 3.63) is 60.6 Å². The highest BCUT2D eigenvalue weighted by Gasteiger charge is 2.30. The summed E-state index contributed by atoms with van der Waals surface area (Å²) in [5, 5.41) is 11.6. The van der Waals surface area contributed by atoms with Gasteiger partial charge in [-0.3, -0.25) is 4.79 Å². The summed E-state index contributed by atoms with van der Waals surface area (Å²) in [6, 6.07) is 11.9. The van der Waals surface area contributed by atoms with Gasteiger partial charge in [0, 0.05) is 12.3 Å². The monoisotopic (exact) mass is 321 g/mol.